The van der Waals surface area contributed by atoms with Crippen molar-refractivity contribution in [2.24, 2.45) is 0 Å². The zero-order valence-electron chi connectivity index (χ0n) is 15.7. The number of rotatable bonds is 3. The number of hydrogen-bond acceptors (Lipinski definition) is 5. The van der Waals surface area contributed by atoms with Crippen molar-refractivity contribution in [3.8, 4) is 0 Å². The molecule has 8 heteroatoms. The van der Waals surface area contributed by atoms with E-state index in [1.54, 1.807) is 6.07 Å². The van der Waals surface area contributed by atoms with Crippen LogP contribution in [0.15, 0.2) is 18.2 Å². The molecule has 4 rings (SSSR count). The number of benzene rings is 1. The van der Waals surface area contributed by atoms with Crippen molar-refractivity contribution in [1.82, 2.24) is 15.1 Å². The number of fused-ring (bicyclic) bond motifs is 1. The van der Waals surface area contributed by atoms with Crippen molar-refractivity contribution < 1.29 is 23.6 Å². The molecule has 7 nitrogen and oxygen atoms in total. The normalized spacial score (nSPS) is 25.1. The van der Waals surface area contributed by atoms with E-state index < -0.39 is 35.3 Å². The van der Waals surface area contributed by atoms with E-state index in [9.17, 15) is 19.2 Å². The van der Waals surface area contributed by atoms with E-state index in [0.29, 0.717) is 31.5 Å². The summed E-state index contributed by atoms with van der Waals surface area (Å²) in [5.41, 5.74) is -0.838. The number of amides is 4. The zero-order valence-corrected chi connectivity index (χ0v) is 15.7. The minimum Gasteiger partial charge on any atom is -0.303 e. The van der Waals surface area contributed by atoms with Crippen LogP contribution in [-0.2, 0) is 15.3 Å². The Balaban J connectivity index is 1.61. The van der Waals surface area contributed by atoms with Crippen molar-refractivity contribution in [2.75, 3.05) is 19.6 Å². The SMILES string of the molecule is CCN1CCC(F)(c2ccc3c(c2)C(=O)N(C2CCC(=O)NC2=O)C3=O)CC1. The summed E-state index contributed by atoms with van der Waals surface area (Å²) < 4.78 is 15.5. The van der Waals surface area contributed by atoms with Gasteiger partial charge in [0.1, 0.15) is 11.7 Å². The minimum absolute atomic E-state index is 0.0661. The van der Waals surface area contributed by atoms with Crippen LogP contribution in [0.1, 0.15) is 58.9 Å². The third-order valence-corrected chi connectivity index (χ3v) is 6.05. The Hall–Kier alpha value is -2.61. The summed E-state index contributed by atoms with van der Waals surface area (Å²) in [7, 11) is 0. The van der Waals surface area contributed by atoms with E-state index >= 15 is 4.39 Å². The third kappa shape index (κ3) is 2.92. The Kier molecular flexibility index (Phi) is 4.53. The molecule has 3 aliphatic heterocycles. The Morgan fingerprint density at radius 2 is 1.79 bits per heavy atom. The van der Waals surface area contributed by atoms with Crippen molar-refractivity contribution in [3.05, 3.63) is 34.9 Å². The molecule has 0 spiro atoms. The second-order valence-corrected chi connectivity index (χ2v) is 7.61. The first-order valence-electron chi connectivity index (χ1n) is 9.61. The van der Waals surface area contributed by atoms with Crippen LogP contribution in [0.5, 0.6) is 0 Å². The average molecular weight is 387 g/mol. The first-order valence-corrected chi connectivity index (χ1v) is 9.61. The summed E-state index contributed by atoms with van der Waals surface area (Å²) in [6.07, 6.45) is 0.830. The summed E-state index contributed by atoms with van der Waals surface area (Å²) >= 11 is 0. The second kappa shape index (κ2) is 6.77. The van der Waals surface area contributed by atoms with Crippen molar-refractivity contribution >= 4 is 23.6 Å². The van der Waals surface area contributed by atoms with Crippen LogP contribution >= 0.6 is 0 Å². The van der Waals surface area contributed by atoms with Crippen LogP contribution in [0.25, 0.3) is 0 Å². The number of imide groups is 2. The van der Waals surface area contributed by atoms with Crippen LogP contribution < -0.4 is 5.32 Å². The Labute approximate surface area is 161 Å². The number of nitrogens with zero attached hydrogens (tertiary/aromatic N) is 2. The molecule has 0 aromatic heterocycles. The molecule has 1 aromatic rings. The fourth-order valence-corrected chi connectivity index (χ4v) is 4.26. The largest absolute Gasteiger partial charge is 0.303 e. The van der Waals surface area contributed by atoms with Gasteiger partial charge in [-0.3, -0.25) is 29.4 Å². The molecule has 0 aliphatic carbocycles. The maximum Gasteiger partial charge on any atom is 0.262 e. The third-order valence-electron chi connectivity index (χ3n) is 6.05. The van der Waals surface area contributed by atoms with Crippen LogP contribution in [-0.4, -0.2) is 59.1 Å². The molecule has 1 aromatic carbocycles. The number of hydrogen-bond donors (Lipinski definition) is 1. The Bertz CT molecular complexity index is 876. The molecular formula is C20H22FN3O4. The van der Waals surface area contributed by atoms with E-state index in [0.717, 1.165) is 11.4 Å². The summed E-state index contributed by atoms with van der Waals surface area (Å²) in [5.74, 6) is -2.25. The van der Waals surface area contributed by atoms with E-state index in [1.807, 2.05) is 6.92 Å². The Morgan fingerprint density at radius 1 is 1.11 bits per heavy atom. The molecule has 1 unspecified atom stereocenters. The van der Waals surface area contributed by atoms with Crippen molar-refractivity contribution in [3.63, 3.8) is 0 Å². The van der Waals surface area contributed by atoms with Crippen LogP contribution in [0.4, 0.5) is 4.39 Å². The molecule has 0 radical (unpaired) electrons. The van der Waals surface area contributed by atoms with Gasteiger partial charge in [0.25, 0.3) is 11.8 Å². The highest BCUT2D eigenvalue weighted by Crippen LogP contribution is 2.39. The maximum absolute atomic E-state index is 15.5. The highest BCUT2D eigenvalue weighted by Gasteiger charge is 2.45. The van der Waals surface area contributed by atoms with Crippen LogP contribution in [0.2, 0.25) is 0 Å². The van der Waals surface area contributed by atoms with Crippen molar-refractivity contribution in [1.29, 1.82) is 0 Å². The van der Waals surface area contributed by atoms with Gasteiger partial charge in [0.2, 0.25) is 11.8 Å². The molecule has 2 saturated heterocycles. The van der Waals surface area contributed by atoms with Crippen LogP contribution in [0, 0.1) is 0 Å². The summed E-state index contributed by atoms with van der Waals surface area (Å²) in [6, 6.07) is 3.49. The Morgan fingerprint density at radius 3 is 2.43 bits per heavy atom. The van der Waals surface area contributed by atoms with Crippen molar-refractivity contribution in [2.45, 2.75) is 44.3 Å². The van der Waals surface area contributed by atoms with Gasteiger partial charge in [0.15, 0.2) is 0 Å². The topological polar surface area (TPSA) is 86.8 Å². The molecule has 1 atom stereocenters. The van der Waals surface area contributed by atoms with Crippen LogP contribution in [0.3, 0.4) is 0 Å². The molecule has 0 bridgehead atoms. The van der Waals surface area contributed by atoms with E-state index in [-0.39, 0.29) is 24.0 Å². The van der Waals surface area contributed by atoms with E-state index in [2.05, 4.69) is 10.2 Å². The lowest BCUT2D eigenvalue weighted by Gasteiger charge is -2.36. The molecule has 4 amide bonds. The number of likely N-dealkylation sites (tertiary alicyclic amines) is 1. The number of halogens is 1. The quantitative estimate of drug-likeness (QED) is 0.792. The highest BCUT2D eigenvalue weighted by molar-refractivity contribution is 6.23. The summed E-state index contributed by atoms with van der Waals surface area (Å²) in [5, 5.41) is 2.16. The summed E-state index contributed by atoms with van der Waals surface area (Å²) in [6.45, 7) is 4.18. The smallest absolute Gasteiger partial charge is 0.262 e. The molecule has 148 valence electrons. The molecule has 3 heterocycles. The standard InChI is InChI=1S/C20H22FN3O4/c1-2-23-9-7-20(21,8-10-23)12-3-4-13-14(11-12)19(28)24(18(13)27)15-5-6-16(25)22-17(15)26/h3-4,11,15H,2,5-10H2,1H3,(H,22,25,26). The average Bonchev–Trinajstić information content (AvgIpc) is 2.93. The fourth-order valence-electron chi connectivity index (χ4n) is 4.26. The van der Waals surface area contributed by atoms with Gasteiger partial charge >= 0.3 is 0 Å². The fraction of sp³-hybridized carbons (Fsp3) is 0.500. The molecule has 0 saturated carbocycles. The monoisotopic (exact) mass is 387 g/mol. The lowest BCUT2D eigenvalue weighted by Crippen LogP contribution is -2.54. The molecule has 1 N–H and O–H groups in total. The number of carbonyl (C=O) groups is 4. The number of alkyl halides is 1. The van der Waals surface area contributed by atoms with Gasteiger partial charge in [-0.25, -0.2) is 4.39 Å². The molecule has 3 aliphatic rings. The lowest BCUT2D eigenvalue weighted by atomic mass is 9.85. The molecule has 2 fully saturated rings. The van der Waals surface area contributed by atoms with Gasteiger partial charge in [-0.2, -0.15) is 0 Å². The van der Waals surface area contributed by atoms with Gasteiger partial charge in [-0.05, 0) is 43.5 Å². The molecule has 28 heavy (non-hydrogen) atoms. The highest BCUT2D eigenvalue weighted by atomic mass is 19.1. The number of nitrogens with one attached hydrogen (secondary N) is 1. The van der Waals surface area contributed by atoms with Gasteiger partial charge in [0.05, 0.1) is 11.1 Å². The predicted molar refractivity (Wildman–Crippen MR) is 97.2 cm³/mol. The van der Waals surface area contributed by atoms with Gasteiger partial charge in [-0.15, -0.1) is 0 Å². The molecular weight excluding hydrogens is 365 g/mol. The number of piperidine rings is 2. The van der Waals surface area contributed by atoms with E-state index in [1.165, 1.54) is 12.1 Å². The maximum atomic E-state index is 15.5. The first kappa shape index (κ1) is 18.7. The first-order chi connectivity index (χ1) is 13.3. The van der Waals surface area contributed by atoms with Gasteiger partial charge in [0, 0.05) is 19.5 Å². The minimum atomic E-state index is -1.54. The lowest BCUT2D eigenvalue weighted by molar-refractivity contribution is -0.136. The van der Waals surface area contributed by atoms with Gasteiger partial charge < -0.3 is 4.90 Å². The zero-order chi connectivity index (χ0) is 20.1. The predicted octanol–water partition coefficient (Wildman–Crippen LogP) is 1.37. The summed E-state index contributed by atoms with van der Waals surface area (Å²) in [4.78, 5) is 52.1. The van der Waals surface area contributed by atoms with Gasteiger partial charge in [-0.1, -0.05) is 13.0 Å². The van der Waals surface area contributed by atoms with E-state index in [4.69, 9.17) is 0 Å². The number of carbonyl (C=O) groups excluding carboxylic acids is 4. The second-order valence-electron chi connectivity index (χ2n) is 7.61.